The molecule has 1 saturated heterocycles. The van der Waals surface area contributed by atoms with Gasteiger partial charge in [-0.2, -0.15) is 18.2 Å². The van der Waals surface area contributed by atoms with Crippen molar-refractivity contribution in [3.63, 3.8) is 0 Å². The maximum atomic E-state index is 13.8. The molecule has 4 amide bonds. The van der Waals surface area contributed by atoms with E-state index in [9.17, 15) is 47.4 Å². The molecule has 2 aliphatic rings. The number of rotatable bonds is 13. The molecular formula is C35H44F3N9O7. The third-order valence-electron chi connectivity index (χ3n) is 10.2. The minimum atomic E-state index is -5.22. The zero-order chi connectivity index (χ0) is 39.7. The van der Waals surface area contributed by atoms with E-state index in [0.29, 0.717) is 36.4 Å². The summed E-state index contributed by atoms with van der Waals surface area (Å²) in [6.07, 6.45) is -1.04. The van der Waals surface area contributed by atoms with Crippen LogP contribution in [0.3, 0.4) is 0 Å². The molecule has 1 atom stereocenters. The number of carbonyl (C=O) groups excluding carboxylic acids is 3. The predicted molar refractivity (Wildman–Crippen MR) is 192 cm³/mol. The number of nitrogens with zero attached hydrogens (tertiary/aromatic N) is 8. The number of carboxylic acid groups (broad SMARTS) is 1. The predicted octanol–water partition coefficient (Wildman–Crippen LogP) is 4.13. The average molecular weight is 760 g/mol. The Morgan fingerprint density at radius 3 is 2.17 bits per heavy atom. The number of anilines is 4. The number of carboxylic acids is 1. The number of aliphatic carboxylic acids is 1. The number of benzene rings is 1. The second-order valence-corrected chi connectivity index (χ2v) is 13.1. The number of likely N-dealkylation sites (N-methyl/N-ethyl adjacent to an activating group) is 1. The lowest BCUT2D eigenvalue weighted by molar-refractivity contribution is -0.170. The van der Waals surface area contributed by atoms with E-state index in [0.717, 1.165) is 39.5 Å². The van der Waals surface area contributed by atoms with Gasteiger partial charge in [-0.15, -0.1) is 0 Å². The molecule has 1 aliphatic carbocycles. The summed E-state index contributed by atoms with van der Waals surface area (Å²) in [5, 5.41) is 24.3. The first-order valence-corrected chi connectivity index (χ1v) is 17.8. The molecule has 16 nitrogen and oxygen atoms in total. The molecule has 1 spiro atoms. The first-order valence-electron chi connectivity index (χ1n) is 17.8. The van der Waals surface area contributed by atoms with Crippen LogP contribution in [-0.2, 0) is 27.3 Å². The van der Waals surface area contributed by atoms with E-state index >= 15 is 0 Å². The number of aromatic hydroxyl groups is 1. The molecule has 1 aromatic carbocycles. The quantitative estimate of drug-likeness (QED) is 0.213. The van der Waals surface area contributed by atoms with Crippen molar-refractivity contribution in [2.24, 2.45) is 0 Å². The summed E-state index contributed by atoms with van der Waals surface area (Å²) in [4.78, 5) is 78.7. The van der Waals surface area contributed by atoms with Crippen molar-refractivity contribution in [3.8, 4) is 11.6 Å². The highest BCUT2D eigenvalue weighted by Crippen LogP contribution is 2.43. The van der Waals surface area contributed by atoms with Crippen molar-refractivity contribution in [1.82, 2.24) is 24.0 Å². The van der Waals surface area contributed by atoms with Crippen LogP contribution in [0, 0.1) is 0 Å². The van der Waals surface area contributed by atoms with E-state index in [4.69, 9.17) is 0 Å². The summed E-state index contributed by atoms with van der Waals surface area (Å²) in [7, 11) is 1.54. The van der Waals surface area contributed by atoms with Crippen LogP contribution in [-0.4, -0.2) is 102 Å². The first kappa shape index (κ1) is 39.6. The molecule has 3 N–H and O–H groups in total. The average Bonchev–Trinajstić information content (AvgIpc) is 3.49. The number of carbonyl (C=O) groups is 4. The zero-order valence-corrected chi connectivity index (χ0v) is 30.7. The van der Waals surface area contributed by atoms with Crippen molar-refractivity contribution in [2.45, 2.75) is 90.5 Å². The van der Waals surface area contributed by atoms with Crippen molar-refractivity contribution >= 4 is 47.1 Å². The van der Waals surface area contributed by atoms with Crippen LogP contribution in [0.2, 0.25) is 0 Å². The number of urea groups is 1. The lowest BCUT2D eigenvalue weighted by atomic mass is 9.81. The van der Waals surface area contributed by atoms with Crippen molar-refractivity contribution in [2.75, 3.05) is 46.7 Å². The maximum absolute atomic E-state index is 13.8. The number of aromatic nitrogens is 4. The topological polar surface area (TPSA) is 186 Å². The van der Waals surface area contributed by atoms with Crippen LogP contribution >= 0.6 is 0 Å². The summed E-state index contributed by atoms with van der Waals surface area (Å²) < 4.78 is 42.7. The number of nitrogens with one attached hydrogen (secondary N) is 1. The van der Waals surface area contributed by atoms with E-state index in [1.165, 1.54) is 36.1 Å². The van der Waals surface area contributed by atoms with Gasteiger partial charge in [0.05, 0.1) is 11.9 Å². The summed E-state index contributed by atoms with van der Waals surface area (Å²) in [6.45, 7) is 7.07. The lowest BCUT2D eigenvalue weighted by Gasteiger charge is -2.35. The molecule has 54 heavy (non-hydrogen) atoms. The minimum Gasteiger partial charge on any atom is -0.492 e. The number of halogens is 3. The molecule has 1 saturated carbocycles. The van der Waals surface area contributed by atoms with E-state index in [1.807, 2.05) is 13.8 Å². The standard InChI is InChI=1S/C35H44F3N9O7/c1-6-43(7-2)31-39-20-24(44(8-3)30(52)35(36,37)38)25(41-31)40-23(28(49)50)19-21-13-15-22(16-14-21)46-27(48)26(45(9-4)33(46)54)47-29(51)34(42(5)32(47)53)17-11-10-12-18-34/h13-16,20,23,48H,6-12,17-19H2,1-5H3,(H,49,50)(H,39,40,41). The van der Waals surface area contributed by atoms with Gasteiger partial charge in [-0.05, 0) is 58.2 Å². The van der Waals surface area contributed by atoms with Gasteiger partial charge < -0.3 is 30.2 Å². The fraction of sp³-hybridized carbons (Fsp3) is 0.514. The Morgan fingerprint density at radius 2 is 1.63 bits per heavy atom. The summed E-state index contributed by atoms with van der Waals surface area (Å²) in [5.74, 6) is -5.13. The Hall–Kier alpha value is -5.62. The molecule has 5 rings (SSSR count). The molecule has 1 aliphatic heterocycles. The SMILES string of the molecule is CCN(CC)c1ncc(N(CC)C(=O)C(F)(F)F)c(NC(Cc2ccc(-n3c(O)c(N4C(=O)N(C)C5(CCCCC5)C4=O)n(CC)c3=O)cc2)C(=O)O)n1. The van der Waals surface area contributed by atoms with E-state index in [2.05, 4.69) is 15.3 Å². The number of alkyl halides is 3. The minimum absolute atomic E-state index is 0.0254. The smallest absolute Gasteiger partial charge is 0.471 e. The highest BCUT2D eigenvalue weighted by atomic mass is 19.4. The monoisotopic (exact) mass is 759 g/mol. The highest BCUT2D eigenvalue weighted by Gasteiger charge is 2.57. The fourth-order valence-corrected chi connectivity index (χ4v) is 7.19. The lowest BCUT2D eigenvalue weighted by Crippen LogP contribution is -2.49. The van der Waals surface area contributed by atoms with E-state index in [-0.39, 0.29) is 41.9 Å². The number of hydrogen-bond donors (Lipinski definition) is 3. The van der Waals surface area contributed by atoms with Gasteiger partial charge in [-0.25, -0.2) is 28.8 Å². The Morgan fingerprint density at radius 1 is 1.00 bits per heavy atom. The Bertz CT molecular complexity index is 1970. The normalized spacial score (nSPS) is 16.2. The van der Waals surface area contributed by atoms with Crippen LogP contribution in [0.25, 0.3) is 5.69 Å². The van der Waals surface area contributed by atoms with Crippen LogP contribution < -0.4 is 25.7 Å². The van der Waals surface area contributed by atoms with Crippen LogP contribution in [0.4, 0.5) is 41.2 Å². The Labute approximate surface area is 308 Å². The van der Waals surface area contributed by atoms with Crippen molar-refractivity contribution in [1.29, 1.82) is 0 Å². The van der Waals surface area contributed by atoms with Gasteiger partial charge >= 0.3 is 29.8 Å². The zero-order valence-electron chi connectivity index (χ0n) is 30.7. The van der Waals surface area contributed by atoms with Crippen LogP contribution in [0.1, 0.15) is 65.4 Å². The van der Waals surface area contributed by atoms with Gasteiger partial charge in [0, 0.05) is 39.6 Å². The molecule has 19 heteroatoms. The molecule has 0 radical (unpaired) electrons. The molecule has 292 valence electrons. The number of imide groups is 1. The Balaban J connectivity index is 1.47. The Kier molecular flexibility index (Phi) is 11.3. The third-order valence-corrected chi connectivity index (χ3v) is 10.2. The van der Waals surface area contributed by atoms with Gasteiger partial charge in [-0.1, -0.05) is 31.4 Å². The summed E-state index contributed by atoms with van der Waals surface area (Å²) >= 11 is 0. The van der Waals surface area contributed by atoms with Gasteiger partial charge in [0.1, 0.15) is 17.3 Å². The molecule has 3 heterocycles. The fourth-order valence-electron chi connectivity index (χ4n) is 7.19. The third kappa shape index (κ3) is 6.93. The van der Waals surface area contributed by atoms with Crippen molar-refractivity contribution in [3.05, 3.63) is 46.5 Å². The summed E-state index contributed by atoms with van der Waals surface area (Å²) in [6, 6.07) is 3.75. The second-order valence-electron chi connectivity index (χ2n) is 13.1. The second kappa shape index (κ2) is 15.4. The highest BCUT2D eigenvalue weighted by molar-refractivity contribution is 6.23. The number of amides is 4. The largest absolute Gasteiger partial charge is 0.492 e. The van der Waals surface area contributed by atoms with E-state index in [1.54, 1.807) is 18.9 Å². The summed E-state index contributed by atoms with van der Waals surface area (Å²) in [5.41, 5.74) is -1.58. The first-order chi connectivity index (χ1) is 25.6. The van der Waals surface area contributed by atoms with E-state index < -0.39 is 59.7 Å². The van der Waals surface area contributed by atoms with Crippen LogP contribution in [0.5, 0.6) is 5.88 Å². The molecule has 1 unspecified atom stereocenters. The van der Waals surface area contributed by atoms with Gasteiger partial charge in [0.25, 0.3) is 5.91 Å². The number of hydrogen-bond acceptors (Lipinski definition) is 10. The molecule has 2 fully saturated rings. The van der Waals surface area contributed by atoms with Gasteiger partial charge in [0.2, 0.25) is 11.8 Å². The molecule has 0 bridgehead atoms. The van der Waals surface area contributed by atoms with Crippen molar-refractivity contribution < 1.29 is 42.6 Å². The number of imidazole rings is 1. The molecular weight excluding hydrogens is 715 g/mol. The van der Waals surface area contributed by atoms with Gasteiger partial charge in [0.15, 0.2) is 11.6 Å². The maximum Gasteiger partial charge on any atom is 0.471 e. The van der Waals surface area contributed by atoms with Crippen LogP contribution in [0.15, 0.2) is 35.3 Å². The van der Waals surface area contributed by atoms with Gasteiger partial charge in [-0.3, -0.25) is 14.2 Å². The molecule has 2 aromatic heterocycles. The molecule has 3 aromatic rings.